The van der Waals surface area contributed by atoms with E-state index in [0.717, 1.165) is 37.6 Å². The van der Waals surface area contributed by atoms with Crippen molar-refractivity contribution in [2.24, 2.45) is 5.92 Å². The number of rotatable bonds is 7. The van der Waals surface area contributed by atoms with Gasteiger partial charge in [0.1, 0.15) is 5.75 Å². The highest BCUT2D eigenvalue weighted by molar-refractivity contribution is 5.80. The maximum Gasteiger partial charge on any atom is 0.260 e. The van der Waals surface area contributed by atoms with Crippen LogP contribution in [0.1, 0.15) is 57.1 Å². The standard InChI is InChI=1S/C22H34N2O2/c1-17-7-5-13-24(16-17)14-6-12-23-22(25)18(2)26-21-11-10-19-8-3-4-9-20(19)15-21/h10-11,15,17-18H,3-9,12-14,16H2,1-2H3,(H,23,25)/t17-,18+/m1/s1. The van der Waals surface area contributed by atoms with Gasteiger partial charge in [-0.25, -0.2) is 0 Å². The molecule has 0 bridgehead atoms. The number of fused-ring (bicyclic) bond motifs is 1. The molecule has 1 heterocycles. The second-order valence-electron chi connectivity index (χ2n) is 8.09. The lowest BCUT2D eigenvalue weighted by atomic mass is 9.92. The highest BCUT2D eigenvalue weighted by Crippen LogP contribution is 2.25. The lowest BCUT2D eigenvalue weighted by molar-refractivity contribution is -0.127. The molecule has 0 aromatic heterocycles. The molecular weight excluding hydrogens is 324 g/mol. The molecule has 4 heteroatoms. The molecular formula is C22H34N2O2. The molecule has 1 aromatic rings. The first-order valence-corrected chi connectivity index (χ1v) is 10.4. The molecule has 144 valence electrons. The van der Waals surface area contributed by atoms with Gasteiger partial charge in [0.05, 0.1) is 0 Å². The van der Waals surface area contributed by atoms with Crippen molar-refractivity contribution < 1.29 is 9.53 Å². The van der Waals surface area contributed by atoms with Crippen molar-refractivity contribution in [1.82, 2.24) is 10.2 Å². The highest BCUT2D eigenvalue weighted by atomic mass is 16.5. The summed E-state index contributed by atoms with van der Waals surface area (Å²) in [4.78, 5) is 14.8. The Morgan fingerprint density at radius 1 is 1.27 bits per heavy atom. The Morgan fingerprint density at radius 3 is 2.88 bits per heavy atom. The molecule has 1 fully saturated rings. The van der Waals surface area contributed by atoms with Crippen LogP contribution in [0.3, 0.4) is 0 Å². The fourth-order valence-corrected chi connectivity index (χ4v) is 4.19. The van der Waals surface area contributed by atoms with E-state index < -0.39 is 6.10 Å². The van der Waals surface area contributed by atoms with Gasteiger partial charge >= 0.3 is 0 Å². The van der Waals surface area contributed by atoms with Crippen LogP contribution in [0.2, 0.25) is 0 Å². The van der Waals surface area contributed by atoms with Gasteiger partial charge in [-0.1, -0.05) is 13.0 Å². The zero-order chi connectivity index (χ0) is 18.4. The summed E-state index contributed by atoms with van der Waals surface area (Å²) >= 11 is 0. The molecule has 3 rings (SSSR count). The molecule has 0 radical (unpaired) electrons. The zero-order valence-electron chi connectivity index (χ0n) is 16.4. The van der Waals surface area contributed by atoms with Gasteiger partial charge in [-0.05, 0) is 94.1 Å². The minimum atomic E-state index is -0.452. The number of nitrogens with one attached hydrogen (secondary N) is 1. The van der Waals surface area contributed by atoms with Crippen LogP contribution in [0.4, 0.5) is 0 Å². The number of hydrogen-bond acceptors (Lipinski definition) is 3. The molecule has 2 atom stereocenters. The van der Waals surface area contributed by atoms with E-state index in [2.05, 4.69) is 29.3 Å². The van der Waals surface area contributed by atoms with E-state index in [1.165, 1.54) is 56.3 Å². The lowest BCUT2D eigenvalue weighted by Crippen LogP contribution is -2.39. The summed E-state index contributed by atoms with van der Waals surface area (Å²) in [5.74, 6) is 1.61. The Labute approximate surface area is 158 Å². The monoisotopic (exact) mass is 358 g/mol. The molecule has 0 unspecified atom stereocenters. The minimum absolute atomic E-state index is 0.0188. The van der Waals surface area contributed by atoms with E-state index in [4.69, 9.17) is 4.74 Å². The summed E-state index contributed by atoms with van der Waals surface area (Å²) in [7, 11) is 0. The van der Waals surface area contributed by atoms with Gasteiger partial charge < -0.3 is 15.0 Å². The number of ether oxygens (including phenoxy) is 1. The van der Waals surface area contributed by atoms with Gasteiger partial charge in [0.15, 0.2) is 6.10 Å². The van der Waals surface area contributed by atoms with E-state index >= 15 is 0 Å². The third-order valence-electron chi connectivity index (χ3n) is 5.69. The van der Waals surface area contributed by atoms with Crippen molar-refractivity contribution >= 4 is 5.91 Å². The number of benzene rings is 1. The third kappa shape index (κ3) is 5.47. The van der Waals surface area contributed by atoms with Crippen molar-refractivity contribution in [3.8, 4) is 5.75 Å². The van der Waals surface area contributed by atoms with Gasteiger partial charge in [0.25, 0.3) is 5.91 Å². The normalized spacial score (nSPS) is 21.7. The topological polar surface area (TPSA) is 41.6 Å². The predicted molar refractivity (Wildman–Crippen MR) is 106 cm³/mol. The van der Waals surface area contributed by atoms with Crippen LogP contribution in [-0.2, 0) is 17.6 Å². The van der Waals surface area contributed by atoms with Crippen molar-refractivity contribution in [2.75, 3.05) is 26.2 Å². The second-order valence-corrected chi connectivity index (χ2v) is 8.09. The van der Waals surface area contributed by atoms with Gasteiger partial charge in [0.2, 0.25) is 0 Å². The molecule has 2 aliphatic rings. The van der Waals surface area contributed by atoms with E-state index in [1.807, 2.05) is 13.0 Å². The van der Waals surface area contributed by atoms with Crippen LogP contribution in [0.5, 0.6) is 5.75 Å². The molecule has 0 saturated carbocycles. The van der Waals surface area contributed by atoms with Gasteiger partial charge in [-0.15, -0.1) is 0 Å². The average Bonchev–Trinajstić information content (AvgIpc) is 2.65. The maximum atomic E-state index is 12.3. The quantitative estimate of drug-likeness (QED) is 0.758. The van der Waals surface area contributed by atoms with Gasteiger partial charge in [-0.3, -0.25) is 4.79 Å². The number of likely N-dealkylation sites (tertiary alicyclic amines) is 1. The molecule has 4 nitrogen and oxygen atoms in total. The van der Waals surface area contributed by atoms with Crippen LogP contribution in [0.25, 0.3) is 0 Å². The minimum Gasteiger partial charge on any atom is -0.481 e. The first kappa shape index (κ1) is 19.2. The summed E-state index contributed by atoms with van der Waals surface area (Å²) in [5, 5.41) is 3.03. The number of piperidine rings is 1. The molecule has 1 aliphatic heterocycles. The fraction of sp³-hybridized carbons (Fsp3) is 0.682. The third-order valence-corrected chi connectivity index (χ3v) is 5.69. The molecule has 1 aromatic carbocycles. The van der Waals surface area contributed by atoms with Crippen LogP contribution in [0, 0.1) is 5.92 Å². The molecule has 0 spiro atoms. The SMILES string of the molecule is C[C@@H]1CCCN(CCCNC(=O)[C@H](C)Oc2ccc3c(c2)CCCC3)C1. The summed E-state index contributed by atoms with van der Waals surface area (Å²) in [5.41, 5.74) is 2.82. The van der Waals surface area contributed by atoms with E-state index in [9.17, 15) is 4.79 Å². The summed E-state index contributed by atoms with van der Waals surface area (Å²) in [6.45, 7) is 8.36. The number of aryl methyl sites for hydroxylation is 2. The largest absolute Gasteiger partial charge is 0.481 e. The van der Waals surface area contributed by atoms with Crippen molar-refractivity contribution in [3.05, 3.63) is 29.3 Å². The second kappa shape index (κ2) is 9.40. The number of nitrogens with zero attached hydrogens (tertiary/aromatic N) is 1. The first-order chi connectivity index (χ1) is 12.6. The summed E-state index contributed by atoms with van der Waals surface area (Å²) in [6.07, 6.45) is 8.04. The Kier molecular flexibility index (Phi) is 6.95. The number of carbonyl (C=O) groups is 1. The summed E-state index contributed by atoms with van der Waals surface area (Å²) < 4.78 is 5.88. The maximum absolute atomic E-state index is 12.3. The van der Waals surface area contributed by atoms with E-state index in [-0.39, 0.29) is 5.91 Å². The molecule has 1 saturated heterocycles. The van der Waals surface area contributed by atoms with E-state index in [0.29, 0.717) is 0 Å². The molecule has 1 N–H and O–H groups in total. The van der Waals surface area contributed by atoms with Crippen molar-refractivity contribution in [3.63, 3.8) is 0 Å². The highest BCUT2D eigenvalue weighted by Gasteiger charge is 2.17. The van der Waals surface area contributed by atoms with Crippen LogP contribution in [0.15, 0.2) is 18.2 Å². The lowest BCUT2D eigenvalue weighted by Gasteiger charge is -2.30. The number of amides is 1. The van der Waals surface area contributed by atoms with Crippen molar-refractivity contribution in [1.29, 1.82) is 0 Å². The Balaban J connectivity index is 1.37. The smallest absolute Gasteiger partial charge is 0.260 e. The van der Waals surface area contributed by atoms with Crippen LogP contribution in [-0.4, -0.2) is 43.1 Å². The number of hydrogen-bond donors (Lipinski definition) is 1. The average molecular weight is 359 g/mol. The molecule has 26 heavy (non-hydrogen) atoms. The predicted octanol–water partition coefficient (Wildman–Crippen LogP) is 3.57. The van der Waals surface area contributed by atoms with Crippen LogP contribution < -0.4 is 10.1 Å². The van der Waals surface area contributed by atoms with Crippen molar-refractivity contribution in [2.45, 2.75) is 64.9 Å². The summed E-state index contributed by atoms with van der Waals surface area (Å²) in [6, 6.07) is 6.29. The number of carbonyl (C=O) groups excluding carboxylic acids is 1. The fourth-order valence-electron chi connectivity index (χ4n) is 4.19. The first-order valence-electron chi connectivity index (χ1n) is 10.4. The van der Waals surface area contributed by atoms with Gasteiger partial charge in [0, 0.05) is 13.1 Å². The Bertz CT molecular complexity index is 602. The zero-order valence-corrected chi connectivity index (χ0v) is 16.4. The molecule has 1 amide bonds. The van der Waals surface area contributed by atoms with E-state index in [1.54, 1.807) is 0 Å². The van der Waals surface area contributed by atoms with Gasteiger partial charge in [-0.2, -0.15) is 0 Å². The Morgan fingerprint density at radius 2 is 2.08 bits per heavy atom. The molecule has 1 aliphatic carbocycles. The Hall–Kier alpha value is -1.55. The van der Waals surface area contributed by atoms with Crippen LogP contribution >= 0.6 is 0 Å².